The Morgan fingerprint density at radius 2 is 2.17 bits per heavy atom. The van der Waals surface area contributed by atoms with Crippen LogP contribution in [-0.2, 0) is 19.4 Å². The lowest BCUT2D eigenvalue weighted by Gasteiger charge is -2.07. The molecule has 0 fully saturated rings. The maximum absolute atomic E-state index is 9.17. The molecule has 0 spiro atoms. The monoisotopic (exact) mass is 262 g/mol. The van der Waals surface area contributed by atoms with Crippen molar-refractivity contribution in [1.82, 2.24) is 9.97 Å². The van der Waals surface area contributed by atoms with E-state index in [0.717, 1.165) is 34.1 Å². The van der Waals surface area contributed by atoms with Crippen molar-refractivity contribution in [2.75, 3.05) is 0 Å². The number of halogens is 1. The maximum Gasteiger partial charge on any atom is 0.132 e. The fraction of sp³-hybridized carbons (Fsp3) is 0.286. The van der Waals surface area contributed by atoms with Gasteiger partial charge in [0.05, 0.1) is 6.61 Å². The molecule has 1 N–H and O–H groups in total. The van der Waals surface area contributed by atoms with Gasteiger partial charge in [0.2, 0.25) is 0 Å². The standard InChI is InChI=1S/C14H15ClN2O/c1-2-13-11(9-18)8-16-14(17-13)7-10-4-3-5-12(15)6-10/h3-6,8,18H,2,7,9H2,1H3. The summed E-state index contributed by atoms with van der Waals surface area (Å²) in [6.07, 6.45) is 3.14. The normalized spacial score (nSPS) is 10.6. The molecule has 0 atom stereocenters. The second-order valence-corrected chi connectivity index (χ2v) is 4.51. The van der Waals surface area contributed by atoms with Gasteiger partial charge in [0.1, 0.15) is 5.82 Å². The largest absolute Gasteiger partial charge is 0.392 e. The molecule has 2 rings (SSSR count). The zero-order valence-electron chi connectivity index (χ0n) is 10.2. The van der Waals surface area contributed by atoms with Gasteiger partial charge < -0.3 is 5.11 Å². The lowest BCUT2D eigenvalue weighted by molar-refractivity contribution is 0.279. The van der Waals surface area contributed by atoms with Gasteiger partial charge in [-0.15, -0.1) is 0 Å². The van der Waals surface area contributed by atoms with Crippen LogP contribution in [0.5, 0.6) is 0 Å². The van der Waals surface area contributed by atoms with E-state index in [9.17, 15) is 0 Å². The molecule has 3 nitrogen and oxygen atoms in total. The molecule has 0 bridgehead atoms. The number of nitrogens with zero attached hydrogens (tertiary/aromatic N) is 2. The van der Waals surface area contributed by atoms with Crippen LogP contribution in [0.15, 0.2) is 30.5 Å². The first-order valence-electron chi connectivity index (χ1n) is 5.92. The topological polar surface area (TPSA) is 46.0 Å². The van der Waals surface area contributed by atoms with Gasteiger partial charge >= 0.3 is 0 Å². The van der Waals surface area contributed by atoms with Crippen LogP contribution in [0, 0.1) is 0 Å². The number of hydrogen-bond donors (Lipinski definition) is 1. The van der Waals surface area contributed by atoms with E-state index in [2.05, 4.69) is 9.97 Å². The summed E-state index contributed by atoms with van der Waals surface area (Å²) in [5.41, 5.74) is 2.79. The van der Waals surface area contributed by atoms with E-state index >= 15 is 0 Å². The second kappa shape index (κ2) is 5.94. The highest BCUT2D eigenvalue weighted by atomic mass is 35.5. The highest BCUT2D eigenvalue weighted by Crippen LogP contribution is 2.14. The van der Waals surface area contributed by atoms with Gasteiger partial charge in [-0.05, 0) is 24.1 Å². The van der Waals surface area contributed by atoms with Gasteiger partial charge in [0, 0.05) is 28.9 Å². The minimum absolute atomic E-state index is 0.0133. The van der Waals surface area contributed by atoms with Gasteiger partial charge in [-0.2, -0.15) is 0 Å². The van der Waals surface area contributed by atoms with Crippen LogP contribution >= 0.6 is 11.6 Å². The number of hydrogen-bond acceptors (Lipinski definition) is 3. The Labute approximate surface area is 111 Å². The average Bonchev–Trinajstić information content (AvgIpc) is 2.38. The number of aryl methyl sites for hydroxylation is 1. The summed E-state index contributed by atoms with van der Waals surface area (Å²) >= 11 is 5.94. The summed E-state index contributed by atoms with van der Waals surface area (Å²) in [6.45, 7) is 2.01. The third kappa shape index (κ3) is 3.06. The molecule has 94 valence electrons. The lowest BCUT2D eigenvalue weighted by Crippen LogP contribution is -2.04. The minimum Gasteiger partial charge on any atom is -0.392 e. The fourth-order valence-corrected chi connectivity index (χ4v) is 2.05. The highest BCUT2D eigenvalue weighted by Gasteiger charge is 2.06. The van der Waals surface area contributed by atoms with E-state index in [1.54, 1.807) is 6.20 Å². The predicted molar refractivity (Wildman–Crippen MR) is 71.6 cm³/mol. The van der Waals surface area contributed by atoms with Crippen LogP contribution in [0.3, 0.4) is 0 Å². The molecular formula is C14H15ClN2O. The molecule has 4 heteroatoms. The van der Waals surface area contributed by atoms with E-state index in [1.807, 2.05) is 31.2 Å². The molecule has 0 saturated carbocycles. The van der Waals surface area contributed by atoms with Gasteiger partial charge in [-0.25, -0.2) is 9.97 Å². The van der Waals surface area contributed by atoms with Gasteiger partial charge in [-0.1, -0.05) is 30.7 Å². The zero-order valence-corrected chi connectivity index (χ0v) is 11.0. The SMILES string of the molecule is CCc1nc(Cc2cccc(Cl)c2)ncc1CO. The summed E-state index contributed by atoms with van der Waals surface area (Å²) in [5.74, 6) is 0.756. The fourth-order valence-electron chi connectivity index (χ4n) is 1.84. The molecule has 0 aliphatic heterocycles. The smallest absolute Gasteiger partial charge is 0.132 e. The first-order valence-corrected chi connectivity index (χ1v) is 6.29. The number of rotatable bonds is 4. The van der Waals surface area contributed by atoms with Crippen LogP contribution in [0.2, 0.25) is 5.02 Å². The van der Waals surface area contributed by atoms with E-state index < -0.39 is 0 Å². The molecule has 1 aromatic heterocycles. The Hall–Kier alpha value is -1.45. The highest BCUT2D eigenvalue weighted by molar-refractivity contribution is 6.30. The minimum atomic E-state index is -0.0133. The summed E-state index contributed by atoms with van der Waals surface area (Å²) < 4.78 is 0. The Bertz CT molecular complexity index is 543. The zero-order chi connectivity index (χ0) is 13.0. The van der Waals surface area contributed by atoms with Crippen molar-refractivity contribution < 1.29 is 5.11 Å². The van der Waals surface area contributed by atoms with Gasteiger partial charge in [0.15, 0.2) is 0 Å². The van der Waals surface area contributed by atoms with Crippen LogP contribution in [0.1, 0.15) is 29.6 Å². The van der Waals surface area contributed by atoms with E-state index in [0.29, 0.717) is 6.42 Å². The quantitative estimate of drug-likeness (QED) is 0.922. The summed E-state index contributed by atoms with van der Waals surface area (Å²) in [7, 11) is 0. The molecule has 18 heavy (non-hydrogen) atoms. The van der Waals surface area contributed by atoms with Crippen LogP contribution in [-0.4, -0.2) is 15.1 Å². The van der Waals surface area contributed by atoms with Crippen molar-refractivity contribution in [2.45, 2.75) is 26.4 Å². The Morgan fingerprint density at radius 3 is 2.83 bits per heavy atom. The molecular weight excluding hydrogens is 248 g/mol. The number of aliphatic hydroxyl groups excluding tert-OH is 1. The molecule has 0 unspecified atom stereocenters. The van der Waals surface area contributed by atoms with Crippen LogP contribution in [0.25, 0.3) is 0 Å². The number of benzene rings is 1. The summed E-state index contributed by atoms with van der Waals surface area (Å²) in [5, 5.41) is 9.89. The third-order valence-corrected chi connectivity index (χ3v) is 3.00. The Balaban J connectivity index is 2.24. The van der Waals surface area contributed by atoms with Gasteiger partial charge in [-0.3, -0.25) is 0 Å². The van der Waals surface area contributed by atoms with E-state index in [1.165, 1.54) is 0 Å². The van der Waals surface area contributed by atoms with Crippen LogP contribution < -0.4 is 0 Å². The van der Waals surface area contributed by atoms with Crippen molar-refractivity contribution >= 4 is 11.6 Å². The first-order chi connectivity index (χ1) is 8.72. The van der Waals surface area contributed by atoms with Gasteiger partial charge in [0.25, 0.3) is 0 Å². The predicted octanol–water partition coefficient (Wildman–Crippen LogP) is 2.78. The molecule has 0 saturated heterocycles. The van der Waals surface area contributed by atoms with Crippen molar-refractivity contribution in [3.63, 3.8) is 0 Å². The van der Waals surface area contributed by atoms with Crippen molar-refractivity contribution in [3.05, 3.63) is 58.1 Å². The summed E-state index contributed by atoms with van der Waals surface area (Å²) in [6, 6.07) is 7.68. The van der Waals surface area contributed by atoms with Crippen molar-refractivity contribution in [1.29, 1.82) is 0 Å². The average molecular weight is 263 g/mol. The second-order valence-electron chi connectivity index (χ2n) is 4.08. The molecule has 0 amide bonds. The molecule has 0 aliphatic rings. The molecule has 1 heterocycles. The number of aliphatic hydroxyl groups is 1. The summed E-state index contributed by atoms with van der Waals surface area (Å²) in [4.78, 5) is 8.74. The van der Waals surface area contributed by atoms with Crippen molar-refractivity contribution in [3.8, 4) is 0 Å². The van der Waals surface area contributed by atoms with Crippen LogP contribution in [0.4, 0.5) is 0 Å². The Kier molecular flexibility index (Phi) is 4.28. The van der Waals surface area contributed by atoms with Crippen molar-refractivity contribution in [2.24, 2.45) is 0 Å². The molecule has 1 aromatic carbocycles. The lowest BCUT2D eigenvalue weighted by atomic mass is 10.1. The maximum atomic E-state index is 9.17. The molecule has 0 radical (unpaired) electrons. The van der Waals surface area contributed by atoms with E-state index in [-0.39, 0.29) is 6.61 Å². The molecule has 0 aliphatic carbocycles. The van der Waals surface area contributed by atoms with E-state index in [4.69, 9.17) is 16.7 Å². The number of aromatic nitrogens is 2. The Morgan fingerprint density at radius 1 is 1.33 bits per heavy atom. The third-order valence-electron chi connectivity index (χ3n) is 2.76. The molecule has 2 aromatic rings. The first kappa shape index (κ1) is 13.0.